The molecule has 0 radical (unpaired) electrons. The highest BCUT2D eigenvalue weighted by Crippen LogP contribution is 2.35. The largest absolute Gasteiger partial charge is 0.465 e. The minimum atomic E-state index is -0.584. The molecule has 1 aromatic carbocycles. The fraction of sp³-hybridized carbons (Fsp3) is 0.150. The quantitative estimate of drug-likeness (QED) is 0.566. The zero-order chi connectivity index (χ0) is 19.6. The molecule has 2 aromatic rings. The zero-order valence-electron chi connectivity index (χ0n) is 14.7. The van der Waals surface area contributed by atoms with Crippen LogP contribution < -0.4 is 0 Å². The van der Waals surface area contributed by atoms with E-state index in [1.165, 1.54) is 12.0 Å². The fourth-order valence-electron chi connectivity index (χ4n) is 2.88. The number of carbonyl (C=O) groups excluding carboxylic acids is 2. The molecule has 0 unspecified atom stereocenters. The van der Waals surface area contributed by atoms with E-state index in [-0.39, 0.29) is 17.1 Å². The summed E-state index contributed by atoms with van der Waals surface area (Å²) < 4.78 is 4.89. The summed E-state index contributed by atoms with van der Waals surface area (Å²) in [7, 11) is 1.28. The summed E-state index contributed by atoms with van der Waals surface area (Å²) >= 11 is 12.3. The van der Waals surface area contributed by atoms with Crippen molar-refractivity contribution in [2.24, 2.45) is 0 Å². The first-order valence-corrected chi connectivity index (χ1v) is 8.85. The Kier molecular flexibility index (Phi) is 5.63. The molecule has 0 saturated heterocycles. The molecule has 138 valence electrons. The first kappa shape index (κ1) is 19.1. The Labute approximate surface area is 166 Å². The van der Waals surface area contributed by atoms with Gasteiger partial charge in [0.15, 0.2) is 0 Å². The standard InChI is InChI=1S/C20H16Cl2N2O3/c1-12-17(20(26)27-2)15(9-14-6-3-7-16(21)18(14)22)19(25)24(12)11-13-5-4-8-23-10-13/h3-10H,11H2,1-2H3/b15-9-. The van der Waals surface area contributed by atoms with Crippen molar-refractivity contribution < 1.29 is 14.3 Å². The van der Waals surface area contributed by atoms with Crippen molar-refractivity contribution in [1.82, 2.24) is 9.88 Å². The van der Waals surface area contributed by atoms with E-state index in [1.807, 2.05) is 6.07 Å². The molecule has 0 aliphatic carbocycles. The van der Waals surface area contributed by atoms with Gasteiger partial charge in [0.05, 0.1) is 34.8 Å². The minimum Gasteiger partial charge on any atom is -0.465 e. The number of aromatic nitrogens is 1. The Hall–Kier alpha value is -2.63. The number of halogens is 2. The molecule has 0 bridgehead atoms. The lowest BCUT2D eigenvalue weighted by Gasteiger charge is -2.17. The molecule has 1 aromatic heterocycles. The van der Waals surface area contributed by atoms with E-state index in [1.54, 1.807) is 49.7 Å². The van der Waals surface area contributed by atoms with Gasteiger partial charge in [-0.3, -0.25) is 9.78 Å². The summed E-state index contributed by atoms with van der Waals surface area (Å²) in [5, 5.41) is 0.677. The number of rotatable bonds is 4. The van der Waals surface area contributed by atoms with Gasteiger partial charge in [-0.15, -0.1) is 0 Å². The van der Waals surface area contributed by atoms with Crippen LogP contribution in [-0.2, 0) is 20.9 Å². The van der Waals surface area contributed by atoms with Gasteiger partial charge < -0.3 is 9.64 Å². The molecule has 0 spiro atoms. The number of nitrogens with zero attached hydrogens (tertiary/aromatic N) is 2. The van der Waals surface area contributed by atoms with Crippen LogP contribution in [0.2, 0.25) is 10.0 Å². The molecule has 1 aliphatic rings. The smallest absolute Gasteiger partial charge is 0.340 e. The van der Waals surface area contributed by atoms with Gasteiger partial charge in [-0.1, -0.05) is 41.4 Å². The third-order valence-electron chi connectivity index (χ3n) is 4.25. The van der Waals surface area contributed by atoms with Crippen molar-refractivity contribution >= 4 is 41.2 Å². The third kappa shape index (κ3) is 3.75. The Bertz CT molecular complexity index is 968. The lowest BCUT2D eigenvalue weighted by atomic mass is 10.0. The summed E-state index contributed by atoms with van der Waals surface area (Å²) in [5.41, 5.74) is 2.33. The molecule has 27 heavy (non-hydrogen) atoms. The van der Waals surface area contributed by atoms with Gasteiger partial charge in [0.1, 0.15) is 0 Å². The topological polar surface area (TPSA) is 59.5 Å². The lowest BCUT2D eigenvalue weighted by Crippen LogP contribution is -2.24. The van der Waals surface area contributed by atoms with E-state index >= 15 is 0 Å². The number of hydrogen-bond acceptors (Lipinski definition) is 4. The highest BCUT2D eigenvalue weighted by molar-refractivity contribution is 6.43. The SMILES string of the molecule is COC(=O)C1=C(C)N(Cc2cccnc2)C(=O)/C1=C\c1cccc(Cl)c1Cl. The average Bonchev–Trinajstić information content (AvgIpc) is 2.90. The van der Waals surface area contributed by atoms with Crippen LogP contribution in [0.4, 0.5) is 0 Å². The Morgan fingerprint density at radius 3 is 2.70 bits per heavy atom. The van der Waals surface area contributed by atoms with Crippen molar-refractivity contribution in [3.63, 3.8) is 0 Å². The summed E-state index contributed by atoms with van der Waals surface area (Å²) in [6.45, 7) is 2.00. The summed E-state index contributed by atoms with van der Waals surface area (Å²) in [5.74, 6) is -0.897. The second-order valence-corrected chi connectivity index (χ2v) is 6.69. The fourth-order valence-corrected chi connectivity index (χ4v) is 3.24. The Morgan fingerprint density at radius 2 is 2.04 bits per heavy atom. The summed E-state index contributed by atoms with van der Waals surface area (Å²) in [6.07, 6.45) is 4.90. The monoisotopic (exact) mass is 402 g/mol. The molecule has 0 N–H and O–H groups in total. The van der Waals surface area contributed by atoms with Crippen molar-refractivity contribution in [2.45, 2.75) is 13.5 Å². The van der Waals surface area contributed by atoms with Gasteiger partial charge in [-0.25, -0.2) is 4.79 Å². The summed E-state index contributed by atoms with van der Waals surface area (Å²) in [4.78, 5) is 31.0. The van der Waals surface area contributed by atoms with E-state index in [0.29, 0.717) is 27.9 Å². The van der Waals surface area contributed by atoms with Crippen LogP contribution in [-0.4, -0.2) is 28.9 Å². The highest BCUT2D eigenvalue weighted by atomic mass is 35.5. The zero-order valence-corrected chi connectivity index (χ0v) is 16.2. The normalized spacial score (nSPS) is 15.6. The van der Waals surface area contributed by atoms with Crippen molar-refractivity contribution in [1.29, 1.82) is 0 Å². The van der Waals surface area contributed by atoms with Crippen molar-refractivity contribution in [2.75, 3.05) is 7.11 Å². The number of ether oxygens (including phenoxy) is 1. The van der Waals surface area contributed by atoms with E-state index < -0.39 is 5.97 Å². The maximum absolute atomic E-state index is 13.1. The van der Waals surface area contributed by atoms with Crippen LogP contribution >= 0.6 is 23.2 Å². The van der Waals surface area contributed by atoms with Crippen LogP contribution in [0.5, 0.6) is 0 Å². The molecule has 7 heteroatoms. The van der Waals surface area contributed by atoms with E-state index in [4.69, 9.17) is 27.9 Å². The second-order valence-electron chi connectivity index (χ2n) is 5.91. The number of benzene rings is 1. The maximum atomic E-state index is 13.1. The first-order valence-electron chi connectivity index (χ1n) is 8.10. The molecule has 0 atom stereocenters. The molecule has 2 heterocycles. The molecular formula is C20H16Cl2N2O3. The van der Waals surface area contributed by atoms with Crippen LogP contribution in [0.25, 0.3) is 6.08 Å². The predicted molar refractivity (Wildman–Crippen MR) is 104 cm³/mol. The lowest BCUT2D eigenvalue weighted by molar-refractivity contribution is -0.136. The molecule has 1 amide bonds. The maximum Gasteiger partial charge on any atom is 0.340 e. The summed E-state index contributed by atoms with van der Waals surface area (Å²) in [6, 6.07) is 8.75. The Balaban J connectivity index is 2.07. The van der Waals surface area contributed by atoms with E-state index in [9.17, 15) is 9.59 Å². The minimum absolute atomic E-state index is 0.211. The van der Waals surface area contributed by atoms with Crippen LogP contribution in [0.3, 0.4) is 0 Å². The van der Waals surface area contributed by atoms with Crippen LogP contribution in [0.1, 0.15) is 18.1 Å². The van der Waals surface area contributed by atoms with Crippen LogP contribution in [0.15, 0.2) is 59.6 Å². The number of esters is 1. The van der Waals surface area contributed by atoms with Crippen LogP contribution in [0, 0.1) is 0 Å². The third-order valence-corrected chi connectivity index (χ3v) is 5.08. The molecule has 0 fully saturated rings. The number of carbonyl (C=O) groups is 2. The Morgan fingerprint density at radius 1 is 1.26 bits per heavy atom. The molecule has 1 aliphatic heterocycles. The van der Waals surface area contributed by atoms with Gasteiger partial charge >= 0.3 is 5.97 Å². The molecule has 5 nitrogen and oxygen atoms in total. The van der Waals surface area contributed by atoms with E-state index in [2.05, 4.69) is 4.98 Å². The first-order chi connectivity index (χ1) is 12.9. The van der Waals surface area contributed by atoms with Gasteiger partial charge in [-0.2, -0.15) is 0 Å². The predicted octanol–water partition coefficient (Wildman–Crippen LogP) is 4.26. The average molecular weight is 403 g/mol. The van der Waals surface area contributed by atoms with Gasteiger partial charge in [0, 0.05) is 18.1 Å². The molecule has 0 saturated carbocycles. The van der Waals surface area contributed by atoms with E-state index in [0.717, 1.165) is 5.56 Å². The molecule has 3 rings (SSSR count). The number of pyridine rings is 1. The highest BCUT2D eigenvalue weighted by Gasteiger charge is 2.37. The molecular weight excluding hydrogens is 387 g/mol. The number of allylic oxidation sites excluding steroid dienone is 1. The second kappa shape index (κ2) is 7.94. The number of amides is 1. The van der Waals surface area contributed by atoms with Crippen molar-refractivity contribution in [3.8, 4) is 0 Å². The van der Waals surface area contributed by atoms with Gasteiger partial charge in [-0.05, 0) is 36.3 Å². The van der Waals surface area contributed by atoms with Gasteiger partial charge in [0.2, 0.25) is 0 Å². The van der Waals surface area contributed by atoms with Crippen molar-refractivity contribution in [3.05, 3.63) is 80.7 Å². The number of hydrogen-bond donors (Lipinski definition) is 0. The van der Waals surface area contributed by atoms with Gasteiger partial charge in [0.25, 0.3) is 5.91 Å². The number of methoxy groups -OCH3 is 1.